The van der Waals surface area contributed by atoms with Crippen LogP contribution in [0.15, 0.2) is 67.4 Å². The lowest BCUT2D eigenvalue weighted by Gasteiger charge is -2.11. The normalized spacial score (nSPS) is 11.5. The number of pyridine rings is 3. The van der Waals surface area contributed by atoms with E-state index in [2.05, 4.69) is 35.0 Å². The molecule has 5 heterocycles. The first-order valence-corrected chi connectivity index (χ1v) is 12.4. The van der Waals surface area contributed by atoms with E-state index in [0.717, 1.165) is 56.6 Å². The Hall–Kier alpha value is -4.83. The van der Waals surface area contributed by atoms with Gasteiger partial charge in [0.1, 0.15) is 29.6 Å². The highest BCUT2D eigenvalue weighted by molar-refractivity contribution is 6.01. The number of likely N-dealkylation sites (N-methyl/N-ethyl adjacent to an activating group) is 1. The number of benzene rings is 1. The van der Waals surface area contributed by atoms with Gasteiger partial charge in [-0.1, -0.05) is 0 Å². The molecule has 10 heteroatoms. The number of hydrogen-bond acceptors (Lipinski definition) is 7. The third kappa shape index (κ3) is 4.89. The predicted molar refractivity (Wildman–Crippen MR) is 148 cm³/mol. The maximum absolute atomic E-state index is 14.3. The third-order valence-corrected chi connectivity index (χ3v) is 6.48. The third-order valence-electron chi connectivity index (χ3n) is 6.48. The Balaban J connectivity index is 1.38. The fourth-order valence-corrected chi connectivity index (χ4v) is 4.51. The Morgan fingerprint density at radius 3 is 2.54 bits per heavy atom. The number of fused-ring (bicyclic) bond motifs is 2. The van der Waals surface area contributed by atoms with E-state index in [4.69, 9.17) is 9.47 Å². The number of H-pyrrole nitrogens is 2. The second-order valence-electron chi connectivity index (χ2n) is 9.46. The van der Waals surface area contributed by atoms with Gasteiger partial charge in [-0.15, -0.1) is 0 Å². The van der Waals surface area contributed by atoms with E-state index >= 15 is 0 Å². The predicted octanol–water partition coefficient (Wildman–Crippen LogP) is 5.32. The molecule has 0 amide bonds. The minimum atomic E-state index is -0.378. The minimum Gasteiger partial charge on any atom is -0.497 e. The summed E-state index contributed by atoms with van der Waals surface area (Å²) in [6.07, 6.45) is 8.69. The van der Waals surface area contributed by atoms with Crippen molar-refractivity contribution in [1.29, 1.82) is 0 Å². The molecule has 0 radical (unpaired) electrons. The highest BCUT2D eigenvalue weighted by Gasteiger charge is 2.16. The molecule has 0 bridgehead atoms. The number of aromatic nitrogens is 6. The number of nitrogens with zero attached hydrogens (tertiary/aromatic N) is 5. The standard InChI is InChI=1S/C29H26FN7O2/c1-37(2)4-5-39-21-8-18(12-31-13-21)25-11-23-28(16-33-25)35-36-29(23)26-10-22-24(14-32-15-27(22)34-26)17-6-19(30)9-20(7-17)38-3/h6-16,34H,4-5H2,1-3H3,(H,35,36). The molecule has 0 saturated carbocycles. The van der Waals surface area contributed by atoms with Crippen molar-refractivity contribution in [2.75, 3.05) is 34.4 Å². The molecule has 9 nitrogen and oxygen atoms in total. The zero-order chi connectivity index (χ0) is 26.9. The zero-order valence-corrected chi connectivity index (χ0v) is 21.7. The molecule has 6 aromatic rings. The van der Waals surface area contributed by atoms with E-state index < -0.39 is 0 Å². The highest BCUT2D eigenvalue weighted by Crippen LogP contribution is 2.35. The maximum Gasteiger partial charge on any atom is 0.138 e. The van der Waals surface area contributed by atoms with Crippen LogP contribution >= 0.6 is 0 Å². The van der Waals surface area contributed by atoms with Gasteiger partial charge in [0, 0.05) is 46.9 Å². The van der Waals surface area contributed by atoms with Gasteiger partial charge in [-0.25, -0.2) is 4.39 Å². The van der Waals surface area contributed by atoms with Crippen LogP contribution in [0, 0.1) is 5.82 Å². The van der Waals surface area contributed by atoms with Crippen molar-refractivity contribution in [3.63, 3.8) is 0 Å². The molecule has 0 aliphatic carbocycles. The van der Waals surface area contributed by atoms with E-state index in [9.17, 15) is 4.39 Å². The van der Waals surface area contributed by atoms with Crippen molar-refractivity contribution in [1.82, 2.24) is 35.0 Å². The van der Waals surface area contributed by atoms with Crippen molar-refractivity contribution in [3.8, 4) is 45.3 Å². The van der Waals surface area contributed by atoms with E-state index in [0.29, 0.717) is 23.7 Å². The first kappa shape index (κ1) is 24.5. The summed E-state index contributed by atoms with van der Waals surface area (Å²) in [7, 11) is 5.52. The van der Waals surface area contributed by atoms with Gasteiger partial charge >= 0.3 is 0 Å². The monoisotopic (exact) mass is 523 g/mol. The average Bonchev–Trinajstić information content (AvgIpc) is 3.56. The summed E-state index contributed by atoms with van der Waals surface area (Å²) in [5.41, 5.74) is 6.19. The quantitative estimate of drug-likeness (QED) is 0.278. The molecule has 0 aliphatic heterocycles. The summed E-state index contributed by atoms with van der Waals surface area (Å²) < 4.78 is 25.4. The van der Waals surface area contributed by atoms with Gasteiger partial charge < -0.3 is 19.4 Å². The Morgan fingerprint density at radius 2 is 1.69 bits per heavy atom. The fourth-order valence-electron chi connectivity index (χ4n) is 4.51. The second-order valence-corrected chi connectivity index (χ2v) is 9.46. The van der Waals surface area contributed by atoms with Gasteiger partial charge in [-0.05, 0) is 50.0 Å². The molecule has 2 N–H and O–H groups in total. The van der Waals surface area contributed by atoms with Crippen LogP contribution in [0.25, 0.3) is 55.6 Å². The molecule has 0 aliphatic rings. The number of ether oxygens (including phenoxy) is 2. The van der Waals surface area contributed by atoms with Crippen LogP contribution in [0.2, 0.25) is 0 Å². The van der Waals surface area contributed by atoms with Crippen molar-refractivity contribution < 1.29 is 13.9 Å². The SMILES string of the molecule is COc1cc(F)cc(-c2cncc3[nH]c(-c4n[nH]c5cnc(-c6cncc(OCCN(C)C)c6)cc45)cc23)c1. The topological polar surface area (TPSA) is 105 Å². The van der Waals surface area contributed by atoms with Gasteiger partial charge in [0.2, 0.25) is 0 Å². The van der Waals surface area contributed by atoms with Gasteiger partial charge in [-0.3, -0.25) is 20.1 Å². The molecular formula is C29H26FN7O2. The number of rotatable bonds is 8. The van der Waals surface area contributed by atoms with Gasteiger partial charge in [0.25, 0.3) is 0 Å². The van der Waals surface area contributed by atoms with Gasteiger partial charge in [0.15, 0.2) is 0 Å². The van der Waals surface area contributed by atoms with Crippen LogP contribution in [0.5, 0.6) is 11.5 Å². The van der Waals surface area contributed by atoms with Crippen molar-refractivity contribution in [3.05, 3.63) is 73.2 Å². The molecule has 39 heavy (non-hydrogen) atoms. The summed E-state index contributed by atoms with van der Waals surface area (Å²) in [5, 5.41) is 9.43. The fraction of sp³-hybridized carbons (Fsp3) is 0.172. The van der Waals surface area contributed by atoms with Crippen molar-refractivity contribution in [2.24, 2.45) is 0 Å². The average molecular weight is 524 g/mol. The Kier molecular flexibility index (Phi) is 6.37. The van der Waals surface area contributed by atoms with Crippen LogP contribution in [-0.4, -0.2) is 69.4 Å². The molecular weight excluding hydrogens is 497 g/mol. The molecule has 5 aromatic heterocycles. The molecule has 196 valence electrons. The van der Waals surface area contributed by atoms with Crippen molar-refractivity contribution in [2.45, 2.75) is 0 Å². The molecule has 0 spiro atoms. The second kappa shape index (κ2) is 10.1. The Labute approximate surface area is 223 Å². The van der Waals surface area contributed by atoms with Crippen LogP contribution in [0.3, 0.4) is 0 Å². The lowest BCUT2D eigenvalue weighted by atomic mass is 10.0. The molecule has 0 unspecified atom stereocenters. The minimum absolute atomic E-state index is 0.378. The molecule has 6 rings (SSSR count). The van der Waals surface area contributed by atoms with Crippen LogP contribution in [0.4, 0.5) is 4.39 Å². The summed E-state index contributed by atoms with van der Waals surface area (Å²) in [6, 6.07) is 10.5. The van der Waals surface area contributed by atoms with E-state index in [1.165, 1.54) is 19.2 Å². The van der Waals surface area contributed by atoms with E-state index in [1.807, 2.05) is 32.3 Å². The van der Waals surface area contributed by atoms with Crippen LogP contribution in [-0.2, 0) is 0 Å². The largest absolute Gasteiger partial charge is 0.497 e. The first-order valence-electron chi connectivity index (χ1n) is 12.4. The van der Waals surface area contributed by atoms with Crippen LogP contribution in [0.1, 0.15) is 0 Å². The Bertz CT molecular complexity index is 1790. The molecule has 1 aromatic carbocycles. The molecule has 0 fully saturated rings. The zero-order valence-electron chi connectivity index (χ0n) is 21.7. The smallest absolute Gasteiger partial charge is 0.138 e. The number of hydrogen-bond donors (Lipinski definition) is 2. The van der Waals surface area contributed by atoms with Gasteiger partial charge in [0.05, 0.1) is 48.1 Å². The van der Waals surface area contributed by atoms with Crippen LogP contribution < -0.4 is 9.47 Å². The lowest BCUT2D eigenvalue weighted by Crippen LogP contribution is -2.19. The van der Waals surface area contributed by atoms with E-state index in [1.54, 1.807) is 37.1 Å². The van der Waals surface area contributed by atoms with Gasteiger partial charge in [-0.2, -0.15) is 5.10 Å². The number of methoxy groups -OCH3 is 1. The summed E-state index contributed by atoms with van der Waals surface area (Å²) in [4.78, 5) is 18.8. The summed E-state index contributed by atoms with van der Waals surface area (Å²) >= 11 is 0. The first-order chi connectivity index (χ1) is 19.0. The maximum atomic E-state index is 14.3. The number of halogens is 1. The number of nitrogens with one attached hydrogen (secondary N) is 2. The summed E-state index contributed by atoms with van der Waals surface area (Å²) in [6.45, 7) is 1.37. The van der Waals surface area contributed by atoms with E-state index in [-0.39, 0.29) is 5.82 Å². The lowest BCUT2D eigenvalue weighted by molar-refractivity contribution is 0.261. The number of aromatic amines is 2. The molecule has 0 atom stereocenters. The summed E-state index contributed by atoms with van der Waals surface area (Å²) in [5.74, 6) is 0.753. The highest BCUT2D eigenvalue weighted by atomic mass is 19.1. The van der Waals surface area contributed by atoms with Crippen molar-refractivity contribution >= 4 is 21.8 Å². The molecule has 0 saturated heterocycles. The Morgan fingerprint density at radius 1 is 0.846 bits per heavy atom.